The van der Waals surface area contributed by atoms with Gasteiger partial charge in [-0.15, -0.1) is 0 Å². The van der Waals surface area contributed by atoms with E-state index in [1.54, 1.807) is 11.9 Å². The fourth-order valence-corrected chi connectivity index (χ4v) is 2.34. The van der Waals surface area contributed by atoms with Gasteiger partial charge in [-0.3, -0.25) is 4.79 Å². The molecule has 1 aliphatic rings. The highest BCUT2D eigenvalue weighted by Crippen LogP contribution is 2.07. The summed E-state index contributed by atoms with van der Waals surface area (Å²) >= 11 is 0. The monoisotopic (exact) mass is 275 g/mol. The lowest BCUT2D eigenvalue weighted by Gasteiger charge is -2.13. The van der Waals surface area contributed by atoms with E-state index in [0.717, 1.165) is 12.8 Å². The summed E-state index contributed by atoms with van der Waals surface area (Å²) in [6.45, 7) is 1.23. The van der Waals surface area contributed by atoms with Crippen molar-refractivity contribution in [3.8, 4) is 0 Å². The third kappa shape index (κ3) is 4.26. The van der Waals surface area contributed by atoms with Crippen LogP contribution in [-0.4, -0.2) is 43.0 Å². The molecule has 1 saturated heterocycles. The number of nitrogens with zero attached hydrogens (tertiary/aromatic N) is 1. The second-order valence-electron chi connectivity index (χ2n) is 5.16. The van der Waals surface area contributed by atoms with Crippen LogP contribution in [-0.2, 0) is 11.2 Å². The molecule has 0 aromatic heterocycles. The molecule has 5 nitrogen and oxygen atoms in total. The van der Waals surface area contributed by atoms with E-state index < -0.39 is 0 Å². The minimum absolute atomic E-state index is 0.0679. The predicted octanol–water partition coefficient (Wildman–Crippen LogP) is 1.15. The van der Waals surface area contributed by atoms with Crippen molar-refractivity contribution in [3.05, 3.63) is 35.9 Å². The Bertz CT molecular complexity index is 461. The predicted molar refractivity (Wildman–Crippen MR) is 77.3 cm³/mol. The Morgan fingerprint density at radius 1 is 1.35 bits per heavy atom. The molecular weight excluding hydrogens is 254 g/mol. The second-order valence-corrected chi connectivity index (χ2v) is 5.16. The highest BCUT2D eigenvalue weighted by atomic mass is 16.2. The van der Waals surface area contributed by atoms with Crippen LogP contribution in [0.5, 0.6) is 0 Å². The molecule has 0 aliphatic carbocycles. The molecule has 108 valence electrons. The number of urea groups is 1. The normalized spacial score (nSPS) is 18.1. The maximum absolute atomic E-state index is 11.7. The lowest BCUT2D eigenvalue weighted by atomic mass is 10.1. The maximum atomic E-state index is 11.7. The first-order chi connectivity index (χ1) is 9.65. The van der Waals surface area contributed by atoms with Crippen molar-refractivity contribution >= 4 is 11.9 Å². The minimum Gasteiger partial charge on any atom is -0.344 e. The van der Waals surface area contributed by atoms with Gasteiger partial charge in [0.1, 0.15) is 0 Å². The molecule has 0 saturated carbocycles. The van der Waals surface area contributed by atoms with E-state index in [4.69, 9.17) is 0 Å². The molecule has 2 N–H and O–H groups in total. The maximum Gasteiger partial charge on any atom is 0.315 e. The molecule has 2 rings (SSSR count). The molecule has 5 heteroatoms. The summed E-state index contributed by atoms with van der Waals surface area (Å²) in [4.78, 5) is 24.6. The number of hydrogen-bond donors (Lipinski definition) is 2. The van der Waals surface area contributed by atoms with E-state index >= 15 is 0 Å². The first-order valence-corrected chi connectivity index (χ1v) is 6.97. The Balaban J connectivity index is 1.60. The van der Waals surface area contributed by atoms with Crippen LogP contribution in [0.2, 0.25) is 0 Å². The summed E-state index contributed by atoms with van der Waals surface area (Å²) in [5, 5.41) is 5.66. The number of nitrogens with one attached hydrogen (secondary N) is 2. The van der Waals surface area contributed by atoms with Gasteiger partial charge in [-0.05, 0) is 18.4 Å². The fourth-order valence-electron chi connectivity index (χ4n) is 2.34. The summed E-state index contributed by atoms with van der Waals surface area (Å²) in [7, 11) is 1.75. The summed E-state index contributed by atoms with van der Waals surface area (Å²) in [5.41, 5.74) is 1.28. The first-order valence-electron chi connectivity index (χ1n) is 6.97. The van der Waals surface area contributed by atoms with Crippen LogP contribution in [0.3, 0.4) is 0 Å². The second kappa shape index (κ2) is 6.93. The van der Waals surface area contributed by atoms with Crippen LogP contribution in [0, 0.1) is 0 Å². The molecule has 20 heavy (non-hydrogen) atoms. The van der Waals surface area contributed by atoms with Crippen molar-refractivity contribution in [2.24, 2.45) is 0 Å². The molecule has 1 fully saturated rings. The molecule has 0 radical (unpaired) electrons. The Labute approximate surface area is 119 Å². The molecule has 0 unspecified atom stereocenters. The minimum atomic E-state index is -0.189. The summed E-state index contributed by atoms with van der Waals surface area (Å²) < 4.78 is 0. The van der Waals surface area contributed by atoms with Crippen LogP contribution in [0.15, 0.2) is 30.3 Å². The lowest BCUT2D eigenvalue weighted by molar-refractivity contribution is -0.126. The molecule has 0 spiro atoms. The van der Waals surface area contributed by atoms with Crippen molar-refractivity contribution < 1.29 is 9.59 Å². The molecular formula is C15H21N3O2. The van der Waals surface area contributed by atoms with E-state index in [2.05, 4.69) is 22.8 Å². The smallest absolute Gasteiger partial charge is 0.315 e. The molecule has 0 bridgehead atoms. The number of amides is 3. The number of rotatable bonds is 5. The average molecular weight is 275 g/mol. The quantitative estimate of drug-likeness (QED) is 0.792. The number of likely N-dealkylation sites (N-methyl/N-ethyl adjacent to an activating group) is 1. The zero-order valence-electron chi connectivity index (χ0n) is 11.8. The molecule has 1 aromatic rings. The van der Waals surface area contributed by atoms with Gasteiger partial charge >= 0.3 is 6.03 Å². The zero-order chi connectivity index (χ0) is 14.4. The standard InChI is InChI=1S/C15H21N3O2/c1-18-11-13(10-14(18)19)17-15(20)16-9-5-8-12-6-3-2-4-7-12/h2-4,6-7,13H,5,8-11H2,1H3,(H2,16,17,20)/t13-/m1/s1. The number of hydrogen-bond acceptors (Lipinski definition) is 2. The third-order valence-corrected chi connectivity index (χ3v) is 3.45. The van der Waals surface area contributed by atoms with Gasteiger partial charge < -0.3 is 15.5 Å². The Morgan fingerprint density at radius 3 is 2.75 bits per heavy atom. The van der Waals surface area contributed by atoms with Crippen LogP contribution in [0.1, 0.15) is 18.4 Å². The van der Waals surface area contributed by atoms with Gasteiger partial charge in [-0.1, -0.05) is 30.3 Å². The number of likely N-dealkylation sites (tertiary alicyclic amines) is 1. The highest BCUT2D eigenvalue weighted by Gasteiger charge is 2.27. The SMILES string of the molecule is CN1C[C@H](NC(=O)NCCCc2ccccc2)CC1=O. The van der Waals surface area contributed by atoms with Crippen LogP contribution in [0.4, 0.5) is 4.79 Å². The molecule has 1 aromatic carbocycles. The highest BCUT2D eigenvalue weighted by molar-refractivity contribution is 5.81. The van der Waals surface area contributed by atoms with Gasteiger partial charge in [0, 0.05) is 26.6 Å². The molecule has 1 atom stereocenters. The zero-order valence-corrected chi connectivity index (χ0v) is 11.8. The largest absolute Gasteiger partial charge is 0.344 e. The Morgan fingerprint density at radius 2 is 2.10 bits per heavy atom. The number of carbonyl (C=O) groups is 2. The molecule has 1 aliphatic heterocycles. The van der Waals surface area contributed by atoms with Gasteiger partial charge in [-0.2, -0.15) is 0 Å². The van der Waals surface area contributed by atoms with Crippen molar-refractivity contribution in [1.29, 1.82) is 0 Å². The van der Waals surface area contributed by atoms with Gasteiger partial charge in [-0.25, -0.2) is 4.79 Å². The van der Waals surface area contributed by atoms with Gasteiger partial charge in [0.2, 0.25) is 5.91 Å². The first kappa shape index (κ1) is 14.4. The summed E-state index contributed by atoms with van der Waals surface area (Å²) in [6, 6.07) is 9.94. The Kier molecular flexibility index (Phi) is 4.98. The third-order valence-electron chi connectivity index (χ3n) is 3.45. The molecule has 3 amide bonds. The number of benzene rings is 1. The fraction of sp³-hybridized carbons (Fsp3) is 0.467. The van der Waals surface area contributed by atoms with E-state index in [1.807, 2.05) is 18.2 Å². The van der Waals surface area contributed by atoms with Crippen LogP contribution in [0.25, 0.3) is 0 Å². The van der Waals surface area contributed by atoms with Crippen molar-refractivity contribution in [3.63, 3.8) is 0 Å². The Hall–Kier alpha value is -2.04. The van der Waals surface area contributed by atoms with Crippen molar-refractivity contribution in [1.82, 2.24) is 15.5 Å². The van der Waals surface area contributed by atoms with Crippen molar-refractivity contribution in [2.45, 2.75) is 25.3 Å². The van der Waals surface area contributed by atoms with E-state index in [-0.39, 0.29) is 18.0 Å². The van der Waals surface area contributed by atoms with Gasteiger partial charge in [0.15, 0.2) is 0 Å². The van der Waals surface area contributed by atoms with Crippen LogP contribution >= 0.6 is 0 Å². The van der Waals surface area contributed by atoms with Crippen molar-refractivity contribution in [2.75, 3.05) is 20.1 Å². The lowest BCUT2D eigenvalue weighted by Crippen LogP contribution is -2.43. The summed E-state index contributed by atoms with van der Waals surface area (Å²) in [6.07, 6.45) is 2.25. The van der Waals surface area contributed by atoms with Crippen LogP contribution < -0.4 is 10.6 Å². The van der Waals surface area contributed by atoms with Gasteiger partial charge in [0.25, 0.3) is 0 Å². The average Bonchev–Trinajstić information content (AvgIpc) is 2.74. The van der Waals surface area contributed by atoms with Gasteiger partial charge in [0.05, 0.1) is 6.04 Å². The van der Waals surface area contributed by atoms with E-state index in [0.29, 0.717) is 19.5 Å². The number of aryl methyl sites for hydroxylation is 1. The summed E-state index contributed by atoms with van der Waals surface area (Å²) in [5.74, 6) is 0.0828. The number of carbonyl (C=O) groups excluding carboxylic acids is 2. The molecule has 1 heterocycles. The van der Waals surface area contributed by atoms with E-state index in [9.17, 15) is 9.59 Å². The topological polar surface area (TPSA) is 61.4 Å². The van der Waals surface area contributed by atoms with E-state index in [1.165, 1.54) is 5.56 Å².